The molecule has 0 saturated heterocycles. The van der Waals surface area contributed by atoms with E-state index in [4.69, 9.17) is 4.74 Å². The molecule has 0 aliphatic carbocycles. The average molecular weight is 365 g/mol. The Hall–Kier alpha value is -1.84. The zero-order valence-electron chi connectivity index (χ0n) is 17.9. The highest BCUT2D eigenvalue weighted by Crippen LogP contribution is 2.26. The number of rotatable bonds is 5. The van der Waals surface area contributed by atoms with Gasteiger partial charge < -0.3 is 9.47 Å². The van der Waals surface area contributed by atoms with Crippen molar-refractivity contribution in [2.75, 3.05) is 7.11 Å². The number of carbonyl (C=O) groups is 2. The molecule has 1 aromatic rings. The summed E-state index contributed by atoms with van der Waals surface area (Å²) in [5, 5.41) is 0. The highest BCUT2D eigenvalue weighted by Gasteiger charge is 2.27. The van der Waals surface area contributed by atoms with Gasteiger partial charge in [-0.2, -0.15) is 0 Å². The van der Waals surface area contributed by atoms with Crippen molar-refractivity contribution in [1.82, 2.24) is 0 Å². The lowest BCUT2D eigenvalue weighted by molar-refractivity contribution is -0.160. The van der Waals surface area contributed by atoms with Gasteiger partial charge in [-0.15, -0.1) is 0 Å². The number of benzene rings is 1. The van der Waals surface area contributed by atoms with Crippen molar-refractivity contribution in [2.24, 2.45) is 11.3 Å². The van der Waals surface area contributed by atoms with E-state index in [1.807, 2.05) is 78.8 Å². The molecule has 2 unspecified atom stereocenters. The van der Waals surface area contributed by atoms with Crippen molar-refractivity contribution in [2.45, 2.75) is 73.3 Å². The summed E-state index contributed by atoms with van der Waals surface area (Å²) in [6.45, 7) is 15.4. The summed E-state index contributed by atoms with van der Waals surface area (Å²) < 4.78 is 9.97. The van der Waals surface area contributed by atoms with Crippen molar-refractivity contribution in [3.63, 3.8) is 0 Å². The molecule has 4 heteroatoms. The molecule has 0 radical (unpaired) electrons. The van der Waals surface area contributed by atoms with Crippen molar-refractivity contribution < 1.29 is 19.1 Å². The van der Waals surface area contributed by atoms with Crippen LogP contribution in [0.15, 0.2) is 30.3 Å². The smallest absolute Gasteiger partial charge is 0.311 e. The Morgan fingerprint density at radius 2 is 1.50 bits per heavy atom. The molecule has 26 heavy (non-hydrogen) atoms. The summed E-state index contributed by atoms with van der Waals surface area (Å²) in [5.74, 6) is -0.221. The van der Waals surface area contributed by atoms with E-state index in [1.165, 1.54) is 12.7 Å². The largest absolute Gasteiger partial charge is 0.469 e. The normalized spacial score (nSPS) is 13.7. The van der Waals surface area contributed by atoms with Crippen LogP contribution < -0.4 is 0 Å². The first-order valence-corrected chi connectivity index (χ1v) is 9.22. The molecule has 0 spiro atoms. The van der Waals surface area contributed by atoms with Crippen LogP contribution in [0.25, 0.3) is 0 Å². The van der Waals surface area contributed by atoms with Gasteiger partial charge in [-0.3, -0.25) is 9.59 Å². The van der Waals surface area contributed by atoms with E-state index in [9.17, 15) is 9.59 Å². The summed E-state index contributed by atoms with van der Waals surface area (Å²) in [6, 6.07) is 10.1. The molecule has 0 N–H and O–H groups in total. The number of esters is 2. The summed E-state index contributed by atoms with van der Waals surface area (Å²) in [7, 11) is 1.42. The first kappa shape index (κ1) is 24.2. The number of carbonyl (C=O) groups excluding carboxylic acids is 2. The third-order valence-electron chi connectivity index (χ3n) is 4.48. The molecule has 2 atom stereocenters. The summed E-state index contributed by atoms with van der Waals surface area (Å²) in [4.78, 5) is 22.8. The Kier molecular flexibility index (Phi) is 9.61. The second-order valence-corrected chi connectivity index (χ2v) is 8.25. The molecule has 0 amide bonds. The fourth-order valence-corrected chi connectivity index (χ4v) is 2.06. The van der Waals surface area contributed by atoms with Gasteiger partial charge in [0.1, 0.15) is 5.60 Å². The second kappa shape index (κ2) is 10.3. The van der Waals surface area contributed by atoms with Crippen LogP contribution in [0.2, 0.25) is 0 Å². The van der Waals surface area contributed by atoms with Gasteiger partial charge in [-0.25, -0.2) is 0 Å². The van der Waals surface area contributed by atoms with Gasteiger partial charge in [0.15, 0.2) is 0 Å². The van der Waals surface area contributed by atoms with Gasteiger partial charge in [-0.05, 0) is 52.5 Å². The quantitative estimate of drug-likeness (QED) is 0.660. The standard InChI is InChI=1S/C15H22O2.C7H14O2/c1-11(13-9-7-6-8-10-13)12(2)14(16)17-15(3,4)5;1-5-7(2,3)6(8)9-4/h6-12H,1-5H3;5H2,1-4H3. The maximum absolute atomic E-state index is 12.0. The van der Waals surface area contributed by atoms with Crippen LogP contribution in [0.5, 0.6) is 0 Å². The summed E-state index contributed by atoms with van der Waals surface area (Å²) >= 11 is 0. The van der Waals surface area contributed by atoms with Crippen LogP contribution in [-0.2, 0) is 19.1 Å². The number of methoxy groups -OCH3 is 1. The molecule has 0 aliphatic heterocycles. The van der Waals surface area contributed by atoms with E-state index in [2.05, 4.69) is 11.7 Å². The first-order chi connectivity index (χ1) is 11.9. The molecular formula is C22H36O4. The van der Waals surface area contributed by atoms with E-state index < -0.39 is 5.60 Å². The predicted octanol–water partition coefficient (Wildman–Crippen LogP) is 5.36. The topological polar surface area (TPSA) is 52.6 Å². The van der Waals surface area contributed by atoms with Crippen LogP contribution >= 0.6 is 0 Å². The minimum Gasteiger partial charge on any atom is -0.469 e. The second-order valence-electron chi connectivity index (χ2n) is 8.25. The van der Waals surface area contributed by atoms with Crippen molar-refractivity contribution in [3.05, 3.63) is 35.9 Å². The minimum absolute atomic E-state index is 0.128. The van der Waals surface area contributed by atoms with Gasteiger partial charge in [0.25, 0.3) is 0 Å². The Bertz CT molecular complexity index is 555. The molecule has 148 valence electrons. The molecular weight excluding hydrogens is 328 g/mol. The SMILES string of the molecule is CC(C(=O)OC(C)(C)C)C(C)c1ccccc1.CCC(C)(C)C(=O)OC. The van der Waals surface area contributed by atoms with E-state index in [0.29, 0.717) is 0 Å². The Balaban J connectivity index is 0.000000590. The first-order valence-electron chi connectivity index (χ1n) is 9.22. The lowest BCUT2D eigenvalue weighted by Gasteiger charge is -2.25. The van der Waals surface area contributed by atoms with E-state index in [-0.39, 0.29) is 29.2 Å². The van der Waals surface area contributed by atoms with E-state index >= 15 is 0 Å². The lowest BCUT2D eigenvalue weighted by Crippen LogP contribution is -2.29. The van der Waals surface area contributed by atoms with Crippen LogP contribution in [-0.4, -0.2) is 24.6 Å². The zero-order chi connectivity index (χ0) is 20.5. The summed E-state index contributed by atoms with van der Waals surface area (Å²) in [6.07, 6.45) is 0.819. The third-order valence-corrected chi connectivity index (χ3v) is 4.48. The van der Waals surface area contributed by atoms with Gasteiger partial charge >= 0.3 is 11.9 Å². The van der Waals surface area contributed by atoms with Crippen LogP contribution in [0, 0.1) is 11.3 Å². The molecule has 1 rings (SSSR count). The van der Waals surface area contributed by atoms with Crippen molar-refractivity contribution in [3.8, 4) is 0 Å². The Morgan fingerprint density at radius 1 is 1.00 bits per heavy atom. The van der Waals surface area contributed by atoms with Crippen LogP contribution in [0.1, 0.15) is 73.3 Å². The molecule has 0 heterocycles. The fourth-order valence-electron chi connectivity index (χ4n) is 2.06. The minimum atomic E-state index is -0.415. The maximum Gasteiger partial charge on any atom is 0.311 e. The van der Waals surface area contributed by atoms with Gasteiger partial charge in [-0.1, -0.05) is 51.1 Å². The molecule has 0 bridgehead atoms. The van der Waals surface area contributed by atoms with Crippen molar-refractivity contribution in [1.29, 1.82) is 0 Å². The molecule has 0 aromatic heterocycles. The van der Waals surface area contributed by atoms with Gasteiger partial charge in [0.2, 0.25) is 0 Å². The third kappa shape index (κ3) is 8.50. The highest BCUT2D eigenvalue weighted by atomic mass is 16.6. The van der Waals surface area contributed by atoms with Gasteiger partial charge in [0.05, 0.1) is 18.4 Å². The summed E-state index contributed by atoms with van der Waals surface area (Å²) in [5.41, 5.74) is 0.446. The fraction of sp³-hybridized carbons (Fsp3) is 0.636. The van der Waals surface area contributed by atoms with E-state index in [1.54, 1.807) is 0 Å². The Morgan fingerprint density at radius 3 is 1.85 bits per heavy atom. The monoisotopic (exact) mass is 364 g/mol. The van der Waals surface area contributed by atoms with Gasteiger partial charge in [0, 0.05) is 0 Å². The predicted molar refractivity (Wildman–Crippen MR) is 106 cm³/mol. The molecule has 1 aromatic carbocycles. The van der Waals surface area contributed by atoms with Crippen LogP contribution in [0.3, 0.4) is 0 Å². The van der Waals surface area contributed by atoms with Crippen molar-refractivity contribution >= 4 is 11.9 Å². The molecule has 4 nitrogen and oxygen atoms in total. The molecule has 0 aliphatic rings. The van der Waals surface area contributed by atoms with E-state index in [0.717, 1.165) is 6.42 Å². The maximum atomic E-state index is 12.0. The number of hydrogen-bond donors (Lipinski definition) is 0. The van der Waals surface area contributed by atoms with Crippen LogP contribution in [0.4, 0.5) is 0 Å². The number of hydrogen-bond acceptors (Lipinski definition) is 4. The lowest BCUT2D eigenvalue weighted by atomic mass is 9.89. The molecule has 0 saturated carbocycles. The zero-order valence-corrected chi connectivity index (χ0v) is 17.9. The molecule has 0 fully saturated rings. The number of ether oxygens (including phenoxy) is 2. The Labute approximate surface area is 159 Å². The average Bonchev–Trinajstić information content (AvgIpc) is 2.59. The highest BCUT2D eigenvalue weighted by molar-refractivity contribution is 5.75.